The normalized spacial score (nSPS) is 12.3. The van der Waals surface area contributed by atoms with Gasteiger partial charge >= 0.3 is 0 Å². The smallest absolute Gasteiger partial charge is 0.244 e. The van der Waals surface area contributed by atoms with E-state index in [1.54, 1.807) is 35.5 Å². The average Bonchev–Trinajstić information content (AvgIpc) is 3.05. The number of amides is 1. The fourth-order valence-corrected chi connectivity index (χ4v) is 1.68. The van der Waals surface area contributed by atoms with Gasteiger partial charge in [0.05, 0.1) is 0 Å². The molecule has 0 aromatic carbocycles. The van der Waals surface area contributed by atoms with Crippen LogP contribution in [0.3, 0.4) is 0 Å². The van der Waals surface area contributed by atoms with Crippen molar-refractivity contribution in [3.63, 3.8) is 0 Å². The fourth-order valence-electron chi connectivity index (χ4n) is 1.68. The van der Waals surface area contributed by atoms with Crippen molar-refractivity contribution in [1.29, 1.82) is 0 Å². The molecular weight excluding hydrogens is 230 g/mol. The molecule has 0 radical (unpaired) electrons. The molecule has 1 unspecified atom stereocenters. The summed E-state index contributed by atoms with van der Waals surface area (Å²) in [5, 5.41) is 6.94. The minimum absolute atomic E-state index is 0.0156. The van der Waals surface area contributed by atoms with Crippen LogP contribution < -0.4 is 5.32 Å². The Labute approximate surface area is 105 Å². The predicted octanol–water partition coefficient (Wildman–Crippen LogP) is 0.916. The van der Waals surface area contributed by atoms with Crippen LogP contribution in [0.1, 0.15) is 25.2 Å². The number of carbonyl (C=O) groups excluding carboxylic acids is 1. The van der Waals surface area contributed by atoms with Crippen LogP contribution in [0.4, 0.5) is 0 Å². The van der Waals surface area contributed by atoms with Crippen molar-refractivity contribution in [1.82, 2.24) is 25.1 Å². The lowest BCUT2D eigenvalue weighted by Gasteiger charge is -2.12. The molecule has 0 bridgehead atoms. The van der Waals surface area contributed by atoms with E-state index < -0.39 is 0 Å². The van der Waals surface area contributed by atoms with Crippen LogP contribution in [-0.4, -0.2) is 32.2 Å². The van der Waals surface area contributed by atoms with Gasteiger partial charge in [-0.05, 0) is 19.4 Å². The highest BCUT2D eigenvalue weighted by Gasteiger charge is 2.13. The fraction of sp³-hybridized carbons (Fsp3) is 0.417. The van der Waals surface area contributed by atoms with Crippen LogP contribution >= 0.6 is 0 Å². The van der Waals surface area contributed by atoms with E-state index in [2.05, 4.69) is 20.4 Å². The average molecular weight is 247 g/mol. The maximum absolute atomic E-state index is 11.8. The van der Waals surface area contributed by atoms with Crippen molar-refractivity contribution in [2.75, 3.05) is 6.54 Å². The Bertz CT molecular complexity index is 463. The molecule has 2 heterocycles. The summed E-state index contributed by atoms with van der Waals surface area (Å²) in [6.07, 6.45) is 8.68. The largest absolute Gasteiger partial charge is 0.354 e. The zero-order chi connectivity index (χ0) is 12.8. The van der Waals surface area contributed by atoms with E-state index in [-0.39, 0.29) is 11.9 Å². The van der Waals surface area contributed by atoms with Crippen molar-refractivity contribution in [2.24, 2.45) is 0 Å². The summed E-state index contributed by atoms with van der Waals surface area (Å²) in [6, 6.07) is 1.53. The first-order chi connectivity index (χ1) is 8.77. The molecule has 6 nitrogen and oxygen atoms in total. The first kappa shape index (κ1) is 12.3. The van der Waals surface area contributed by atoms with Gasteiger partial charge in [0.2, 0.25) is 5.91 Å². The lowest BCUT2D eigenvalue weighted by Crippen LogP contribution is -2.32. The van der Waals surface area contributed by atoms with Gasteiger partial charge in [0.15, 0.2) is 0 Å². The molecule has 6 heteroatoms. The van der Waals surface area contributed by atoms with Crippen molar-refractivity contribution in [2.45, 2.75) is 25.8 Å². The Morgan fingerprint density at radius 2 is 2.44 bits per heavy atom. The van der Waals surface area contributed by atoms with Crippen molar-refractivity contribution in [3.05, 3.63) is 36.7 Å². The molecular formula is C12H17N5O. The molecule has 0 fully saturated rings. The summed E-state index contributed by atoms with van der Waals surface area (Å²) in [7, 11) is 0. The highest BCUT2D eigenvalue weighted by atomic mass is 16.2. The third-order valence-electron chi connectivity index (χ3n) is 2.75. The minimum atomic E-state index is -0.274. The number of nitrogens with one attached hydrogen (secondary N) is 2. The van der Waals surface area contributed by atoms with Gasteiger partial charge in [-0.1, -0.05) is 0 Å². The Kier molecular flexibility index (Phi) is 4.11. The third-order valence-corrected chi connectivity index (χ3v) is 2.75. The van der Waals surface area contributed by atoms with Crippen LogP contribution in [0.2, 0.25) is 0 Å². The second kappa shape index (κ2) is 6.00. The quantitative estimate of drug-likeness (QED) is 0.745. The molecule has 2 rings (SSSR count). The SMILES string of the molecule is CC(C(=O)NCCCc1ncc[nH]1)n1cccn1. The Morgan fingerprint density at radius 3 is 3.11 bits per heavy atom. The van der Waals surface area contributed by atoms with E-state index in [1.807, 2.05) is 6.92 Å². The Balaban J connectivity index is 1.69. The maximum atomic E-state index is 11.8. The highest BCUT2D eigenvalue weighted by molar-refractivity contribution is 5.79. The molecule has 1 atom stereocenters. The molecule has 0 aliphatic carbocycles. The van der Waals surface area contributed by atoms with Crippen molar-refractivity contribution in [3.8, 4) is 0 Å². The first-order valence-electron chi connectivity index (χ1n) is 6.02. The molecule has 2 N–H and O–H groups in total. The topological polar surface area (TPSA) is 75.6 Å². The van der Waals surface area contributed by atoms with Crippen molar-refractivity contribution >= 4 is 5.91 Å². The van der Waals surface area contributed by atoms with Gasteiger partial charge in [-0.3, -0.25) is 9.48 Å². The zero-order valence-electron chi connectivity index (χ0n) is 10.3. The van der Waals surface area contributed by atoms with E-state index in [1.165, 1.54) is 0 Å². The monoisotopic (exact) mass is 247 g/mol. The maximum Gasteiger partial charge on any atom is 0.244 e. The van der Waals surface area contributed by atoms with E-state index >= 15 is 0 Å². The zero-order valence-corrected chi connectivity index (χ0v) is 10.3. The van der Waals surface area contributed by atoms with Gasteiger partial charge in [0, 0.05) is 37.8 Å². The van der Waals surface area contributed by atoms with E-state index in [0.717, 1.165) is 18.7 Å². The van der Waals surface area contributed by atoms with Gasteiger partial charge in [0.1, 0.15) is 11.9 Å². The van der Waals surface area contributed by atoms with Crippen LogP contribution in [-0.2, 0) is 11.2 Å². The molecule has 0 saturated heterocycles. The number of rotatable bonds is 6. The number of hydrogen-bond acceptors (Lipinski definition) is 3. The lowest BCUT2D eigenvalue weighted by atomic mass is 10.2. The standard InChI is InChI=1S/C12H17N5O/c1-10(17-9-3-6-16-17)12(18)15-5-2-4-11-13-7-8-14-11/h3,6-10H,2,4-5H2,1H3,(H,13,14)(H,15,18). The number of imidazole rings is 1. The summed E-state index contributed by atoms with van der Waals surface area (Å²) >= 11 is 0. The van der Waals surface area contributed by atoms with Gasteiger partial charge in [-0.25, -0.2) is 4.98 Å². The number of aromatic amines is 1. The molecule has 18 heavy (non-hydrogen) atoms. The van der Waals surface area contributed by atoms with Gasteiger partial charge in [-0.2, -0.15) is 5.10 Å². The number of H-pyrrole nitrogens is 1. The number of nitrogens with zero attached hydrogens (tertiary/aromatic N) is 3. The molecule has 0 saturated carbocycles. The number of aryl methyl sites for hydroxylation is 1. The van der Waals surface area contributed by atoms with Gasteiger partial charge in [-0.15, -0.1) is 0 Å². The summed E-state index contributed by atoms with van der Waals surface area (Å²) < 4.78 is 1.64. The molecule has 0 spiro atoms. The Morgan fingerprint density at radius 1 is 1.56 bits per heavy atom. The second-order valence-electron chi connectivity index (χ2n) is 4.09. The van der Waals surface area contributed by atoms with Gasteiger partial charge in [0.25, 0.3) is 0 Å². The minimum Gasteiger partial charge on any atom is -0.354 e. The number of carbonyl (C=O) groups is 1. The molecule has 2 aromatic rings. The van der Waals surface area contributed by atoms with Gasteiger partial charge < -0.3 is 10.3 Å². The molecule has 1 amide bonds. The van der Waals surface area contributed by atoms with E-state index in [9.17, 15) is 4.79 Å². The molecule has 2 aromatic heterocycles. The summed E-state index contributed by atoms with van der Waals surface area (Å²) in [4.78, 5) is 19.0. The van der Waals surface area contributed by atoms with Crippen LogP contribution in [0.25, 0.3) is 0 Å². The second-order valence-corrected chi connectivity index (χ2v) is 4.09. The van der Waals surface area contributed by atoms with Crippen LogP contribution in [0.15, 0.2) is 30.9 Å². The predicted molar refractivity (Wildman–Crippen MR) is 66.9 cm³/mol. The first-order valence-corrected chi connectivity index (χ1v) is 6.02. The van der Waals surface area contributed by atoms with Crippen molar-refractivity contribution < 1.29 is 4.79 Å². The molecule has 0 aliphatic rings. The molecule has 0 aliphatic heterocycles. The van der Waals surface area contributed by atoms with Crippen LogP contribution in [0, 0.1) is 0 Å². The number of hydrogen-bond donors (Lipinski definition) is 2. The lowest BCUT2D eigenvalue weighted by molar-refractivity contribution is -0.124. The summed E-state index contributed by atoms with van der Waals surface area (Å²) in [5.41, 5.74) is 0. The number of aromatic nitrogens is 4. The van der Waals surface area contributed by atoms with Crippen LogP contribution in [0.5, 0.6) is 0 Å². The van der Waals surface area contributed by atoms with E-state index in [4.69, 9.17) is 0 Å². The third kappa shape index (κ3) is 3.19. The highest BCUT2D eigenvalue weighted by Crippen LogP contribution is 2.02. The summed E-state index contributed by atoms with van der Waals surface area (Å²) in [6.45, 7) is 2.47. The Hall–Kier alpha value is -2.11. The molecule has 96 valence electrons. The summed E-state index contributed by atoms with van der Waals surface area (Å²) in [5.74, 6) is 0.933. The van der Waals surface area contributed by atoms with E-state index in [0.29, 0.717) is 6.54 Å².